The number of fused-ring (bicyclic) bond motifs is 3. The molecule has 0 unspecified atom stereocenters. The summed E-state index contributed by atoms with van der Waals surface area (Å²) in [6.07, 6.45) is 3.40. The van der Waals surface area contributed by atoms with E-state index in [4.69, 9.17) is 10.5 Å². The molecule has 2 aromatic heterocycles. The number of thiophene rings is 1. The van der Waals surface area contributed by atoms with Crippen molar-refractivity contribution >= 4 is 28.8 Å². The highest BCUT2D eigenvalue weighted by Gasteiger charge is 2.30. The molecule has 0 radical (unpaired) electrons. The molecular weight excluding hydrogens is 364 g/mol. The Morgan fingerprint density at radius 1 is 1.26 bits per heavy atom. The van der Waals surface area contributed by atoms with Gasteiger partial charge in [-0.15, -0.1) is 0 Å². The first-order chi connectivity index (χ1) is 12.9. The fraction of sp³-hybridized carbons (Fsp3) is 0.211. The third kappa shape index (κ3) is 3.08. The Morgan fingerprint density at radius 3 is 2.67 bits per heavy atom. The predicted octanol–water partition coefficient (Wildman–Crippen LogP) is 3.10. The second-order valence-electron chi connectivity index (χ2n) is 6.39. The number of hydrogen-bond donors (Lipinski definition) is 2. The van der Waals surface area contributed by atoms with Crippen molar-refractivity contribution < 1.29 is 14.3 Å². The van der Waals surface area contributed by atoms with Crippen LogP contribution in [0.4, 0.5) is 5.69 Å². The highest BCUT2D eigenvalue weighted by atomic mass is 32.1. The fourth-order valence-corrected chi connectivity index (χ4v) is 4.43. The molecule has 138 valence electrons. The SMILES string of the molecule is CC(=O)Nc1ccc(Oc2sc(C(N)=O)c3c2-c2c(cnn2C)CC3)cc1. The summed E-state index contributed by atoms with van der Waals surface area (Å²) >= 11 is 1.26. The van der Waals surface area contributed by atoms with E-state index in [2.05, 4.69) is 10.4 Å². The minimum atomic E-state index is -0.447. The number of aromatic nitrogens is 2. The first kappa shape index (κ1) is 17.3. The lowest BCUT2D eigenvalue weighted by Crippen LogP contribution is -2.13. The average Bonchev–Trinajstić information content (AvgIpc) is 3.17. The van der Waals surface area contributed by atoms with E-state index in [1.165, 1.54) is 18.3 Å². The lowest BCUT2D eigenvalue weighted by atomic mass is 9.91. The quantitative estimate of drug-likeness (QED) is 0.724. The number of carbonyl (C=O) groups is 2. The molecule has 2 heterocycles. The maximum absolute atomic E-state index is 11.9. The largest absolute Gasteiger partial charge is 0.446 e. The molecule has 0 spiro atoms. The van der Waals surface area contributed by atoms with Crippen LogP contribution < -0.4 is 15.8 Å². The maximum atomic E-state index is 11.9. The maximum Gasteiger partial charge on any atom is 0.259 e. The normalized spacial score (nSPS) is 12.2. The molecule has 0 atom stereocenters. The second-order valence-corrected chi connectivity index (χ2v) is 7.37. The summed E-state index contributed by atoms with van der Waals surface area (Å²) in [4.78, 5) is 23.6. The molecule has 1 aliphatic rings. The zero-order chi connectivity index (χ0) is 19.1. The lowest BCUT2D eigenvalue weighted by molar-refractivity contribution is -0.114. The van der Waals surface area contributed by atoms with Gasteiger partial charge in [0.25, 0.3) is 5.91 Å². The molecule has 0 saturated carbocycles. The van der Waals surface area contributed by atoms with Crippen LogP contribution in [-0.2, 0) is 24.7 Å². The van der Waals surface area contributed by atoms with Crippen LogP contribution >= 0.6 is 11.3 Å². The molecule has 0 aliphatic heterocycles. The highest BCUT2D eigenvalue weighted by molar-refractivity contribution is 7.16. The summed E-state index contributed by atoms with van der Waals surface area (Å²) in [5, 5.41) is 7.69. The van der Waals surface area contributed by atoms with Gasteiger partial charge in [0.05, 0.1) is 22.3 Å². The van der Waals surface area contributed by atoms with Crippen LogP contribution in [0.15, 0.2) is 30.5 Å². The van der Waals surface area contributed by atoms with Crippen LogP contribution in [0.25, 0.3) is 11.3 Å². The summed E-state index contributed by atoms with van der Waals surface area (Å²) in [7, 11) is 1.88. The molecular formula is C19H18N4O3S. The Hall–Kier alpha value is -3.13. The van der Waals surface area contributed by atoms with E-state index in [9.17, 15) is 9.59 Å². The van der Waals surface area contributed by atoms with Crippen LogP contribution in [0.2, 0.25) is 0 Å². The van der Waals surface area contributed by atoms with E-state index >= 15 is 0 Å². The van der Waals surface area contributed by atoms with E-state index < -0.39 is 5.91 Å². The number of benzene rings is 1. The number of carbonyl (C=O) groups excluding carboxylic acids is 2. The third-order valence-electron chi connectivity index (χ3n) is 4.48. The Balaban J connectivity index is 1.75. The standard InChI is InChI=1S/C19H18N4O3S/c1-10(24)22-12-4-6-13(7-5-12)26-19-15-14(17(27-19)18(20)25)8-3-11-9-21-23(2)16(11)15/h4-7,9H,3,8H2,1-2H3,(H2,20,25)(H,22,24). The van der Waals surface area contributed by atoms with Gasteiger partial charge in [-0.25, -0.2) is 0 Å². The zero-order valence-electron chi connectivity index (χ0n) is 14.9. The summed E-state index contributed by atoms with van der Waals surface area (Å²) in [6.45, 7) is 1.46. The minimum Gasteiger partial charge on any atom is -0.446 e. The van der Waals surface area contributed by atoms with Gasteiger partial charge < -0.3 is 15.8 Å². The van der Waals surface area contributed by atoms with Crippen molar-refractivity contribution in [3.63, 3.8) is 0 Å². The molecule has 3 aromatic rings. The van der Waals surface area contributed by atoms with Crippen molar-refractivity contribution in [3.05, 3.63) is 46.5 Å². The van der Waals surface area contributed by atoms with Crippen molar-refractivity contribution in [3.8, 4) is 22.1 Å². The number of aryl methyl sites for hydroxylation is 2. The van der Waals surface area contributed by atoms with E-state index in [1.807, 2.05) is 13.2 Å². The van der Waals surface area contributed by atoms with Crippen LogP contribution in [0.3, 0.4) is 0 Å². The molecule has 27 heavy (non-hydrogen) atoms. The van der Waals surface area contributed by atoms with Gasteiger partial charge in [0, 0.05) is 19.7 Å². The van der Waals surface area contributed by atoms with Gasteiger partial charge in [-0.1, -0.05) is 11.3 Å². The van der Waals surface area contributed by atoms with Gasteiger partial charge in [0.2, 0.25) is 5.91 Å². The van der Waals surface area contributed by atoms with Gasteiger partial charge in [0.1, 0.15) is 5.75 Å². The third-order valence-corrected chi connectivity index (χ3v) is 5.60. The average molecular weight is 382 g/mol. The first-order valence-electron chi connectivity index (χ1n) is 8.46. The number of anilines is 1. The van der Waals surface area contributed by atoms with E-state index in [1.54, 1.807) is 28.9 Å². The molecule has 0 bridgehead atoms. The van der Waals surface area contributed by atoms with E-state index in [-0.39, 0.29) is 5.91 Å². The monoisotopic (exact) mass is 382 g/mol. The van der Waals surface area contributed by atoms with E-state index in [0.717, 1.165) is 35.2 Å². The highest BCUT2D eigenvalue weighted by Crippen LogP contribution is 2.48. The van der Waals surface area contributed by atoms with Crippen molar-refractivity contribution in [2.24, 2.45) is 12.8 Å². The van der Waals surface area contributed by atoms with Crippen LogP contribution in [-0.4, -0.2) is 21.6 Å². The van der Waals surface area contributed by atoms with Gasteiger partial charge >= 0.3 is 0 Å². The zero-order valence-corrected chi connectivity index (χ0v) is 15.7. The first-order valence-corrected chi connectivity index (χ1v) is 9.28. The Morgan fingerprint density at radius 2 is 2.00 bits per heavy atom. The number of hydrogen-bond acceptors (Lipinski definition) is 5. The minimum absolute atomic E-state index is 0.133. The number of nitrogens with zero attached hydrogens (tertiary/aromatic N) is 2. The molecule has 1 aliphatic carbocycles. The summed E-state index contributed by atoms with van der Waals surface area (Å²) < 4.78 is 7.91. The number of nitrogens with two attached hydrogens (primary N) is 1. The number of ether oxygens (including phenoxy) is 1. The van der Waals surface area contributed by atoms with Crippen molar-refractivity contribution in [2.75, 3.05) is 5.32 Å². The van der Waals surface area contributed by atoms with Crippen LogP contribution in [0, 0.1) is 0 Å². The molecule has 4 rings (SSSR count). The lowest BCUT2D eigenvalue weighted by Gasteiger charge is -2.16. The molecule has 1 aromatic carbocycles. The number of primary amides is 1. The summed E-state index contributed by atoms with van der Waals surface area (Å²) in [5.74, 6) is 0.0296. The van der Waals surface area contributed by atoms with Crippen molar-refractivity contribution in [1.29, 1.82) is 0 Å². The molecule has 2 amide bonds. The molecule has 8 heteroatoms. The van der Waals surface area contributed by atoms with Gasteiger partial charge in [-0.05, 0) is 48.2 Å². The smallest absolute Gasteiger partial charge is 0.259 e. The molecule has 0 saturated heterocycles. The van der Waals surface area contributed by atoms with Crippen LogP contribution in [0.1, 0.15) is 27.7 Å². The van der Waals surface area contributed by atoms with Crippen LogP contribution in [0.5, 0.6) is 10.8 Å². The molecule has 0 fully saturated rings. The molecule has 3 N–H and O–H groups in total. The topological polar surface area (TPSA) is 99.2 Å². The summed E-state index contributed by atoms with van der Waals surface area (Å²) in [6, 6.07) is 7.07. The van der Waals surface area contributed by atoms with Gasteiger partial charge in [0.15, 0.2) is 5.06 Å². The van der Waals surface area contributed by atoms with Gasteiger partial charge in [-0.2, -0.15) is 5.10 Å². The Bertz CT molecular complexity index is 1050. The Labute approximate surface area is 159 Å². The van der Waals surface area contributed by atoms with E-state index in [0.29, 0.717) is 21.4 Å². The molecule has 7 nitrogen and oxygen atoms in total. The van der Waals surface area contributed by atoms with Crippen molar-refractivity contribution in [1.82, 2.24) is 9.78 Å². The summed E-state index contributed by atoms with van der Waals surface area (Å²) in [5.41, 5.74) is 10.2. The number of amides is 2. The van der Waals surface area contributed by atoms with Crippen molar-refractivity contribution in [2.45, 2.75) is 19.8 Å². The fourth-order valence-electron chi connectivity index (χ4n) is 3.36. The number of nitrogens with one attached hydrogen (secondary N) is 1. The Kier molecular flexibility index (Phi) is 4.19. The van der Waals surface area contributed by atoms with Gasteiger partial charge in [-0.3, -0.25) is 14.3 Å². The predicted molar refractivity (Wildman–Crippen MR) is 103 cm³/mol. The number of rotatable bonds is 4. The second kappa shape index (κ2) is 6.55.